The molecule has 0 saturated carbocycles. The van der Waals surface area contributed by atoms with Crippen LogP contribution >= 0.6 is 0 Å². The second kappa shape index (κ2) is 4.69. The number of nitrogens with zero attached hydrogens (tertiary/aromatic N) is 2. The van der Waals surface area contributed by atoms with Crippen LogP contribution in [0.15, 0.2) is 30.7 Å². The SMILES string of the molecule is COc1cncc(-c2cnc(OC)c(N)c2)c1. The molecule has 0 amide bonds. The van der Waals surface area contributed by atoms with Gasteiger partial charge in [0, 0.05) is 23.5 Å². The van der Waals surface area contributed by atoms with E-state index in [4.69, 9.17) is 15.2 Å². The molecule has 0 aliphatic rings. The van der Waals surface area contributed by atoms with Gasteiger partial charge in [-0.1, -0.05) is 0 Å². The molecule has 0 saturated heterocycles. The molecule has 2 aromatic heterocycles. The normalized spacial score (nSPS) is 10.0. The van der Waals surface area contributed by atoms with Gasteiger partial charge in [0.25, 0.3) is 0 Å². The van der Waals surface area contributed by atoms with Crippen molar-refractivity contribution in [2.24, 2.45) is 0 Å². The van der Waals surface area contributed by atoms with Gasteiger partial charge in [-0.25, -0.2) is 4.98 Å². The number of methoxy groups -OCH3 is 2. The Morgan fingerprint density at radius 3 is 2.41 bits per heavy atom. The van der Waals surface area contributed by atoms with E-state index in [9.17, 15) is 0 Å². The van der Waals surface area contributed by atoms with Gasteiger partial charge in [-0.2, -0.15) is 0 Å². The minimum atomic E-state index is 0.421. The molecule has 5 heteroatoms. The van der Waals surface area contributed by atoms with Crippen LogP contribution in [-0.4, -0.2) is 24.2 Å². The van der Waals surface area contributed by atoms with E-state index in [2.05, 4.69) is 9.97 Å². The lowest BCUT2D eigenvalue weighted by molar-refractivity contribution is 0.400. The fraction of sp³-hybridized carbons (Fsp3) is 0.167. The number of rotatable bonds is 3. The molecule has 0 radical (unpaired) electrons. The second-order valence-electron chi connectivity index (χ2n) is 3.44. The molecule has 0 atom stereocenters. The lowest BCUT2D eigenvalue weighted by Crippen LogP contribution is -1.96. The summed E-state index contributed by atoms with van der Waals surface area (Å²) in [5, 5.41) is 0. The minimum absolute atomic E-state index is 0.421. The van der Waals surface area contributed by atoms with Crippen molar-refractivity contribution in [3.8, 4) is 22.8 Å². The smallest absolute Gasteiger partial charge is 0.236 e. The second-order valence-corrected chi connectivity index (χ2v) is 3.44. The van der Waals surface area contributed by atoms with Crippen LogP contribution in [0.5, 0.6) is 11.6 Å². The highest BCUT2D eigenvalue weighted by Gasteiger charge is 2.05. The Hall–Kier alpha value is -2.30. The topological polar surface area (TPSA) is 70.3 Å². The maximum atomic E-state index is 5.80. The standard InChI is InChI=1S/C12H13N3O2/c1-16-10-3-8(5-14-7-10)9-4-11(13)12(17-2)15-6-9/h3-7H,13H2,1-2H3. The van der Waals surface area contributed by atoms with E-state index in [-0.39, 0.29) is 0 Å². The molecule has 2 rings (SSSR count). The van der Waals surface area contributed by atoms with Crippen molar-refractivity contribution >= 4 is 5.69 Å². The van der Waals surface area contributed by atoms with Gasteiger partial charge in [0.2, 0.25) is 5.88 Å². The van der Waals surface area contributed by atoms with Gasteiger partial charge >= 0.3 is 0 Å². The largest absolute Gasteiger partial charge is 0.495 e. The van der Waals surface area contributed by atoms with Crippen LogP contribution in [0.3, 0.4) is 0 Å². The zero-order valence-electron chi connectivity index (χ0n) is 9.68. The highest BCUT2D eigenvalue weighted by Crippen LogP contribution is 2.27. The average molecular weight is 231 g/mol. The minimum Gasteiger partial charge on any atom is -0.495 e. The molecule has 17 heavy (non-hydrogen) atoms. The number of nitrogen functional groups attached to an aromatic ring is 1. The van der Waals surface area contributed by atoms with Crippen molar-refractivity contribution in [2.75, 3.05) is 20.0 Å². The van der Waals surface area contributed by atoms with Crippen LogP contribution in [0.1, 0.15) is 0 Å². The summed E-state index contributed by atoms with van der Waals surface area (Å²) in [6, 6.07) is 3.66. The first-order valence-corrected chi connectivity index (χ1v) is 5.03. The van der Waals surface area contributed by atoms with Crippen LogP contribution in [0, 0.1) is 0 Å². The zero-order valence-corrected chi connectivity index (χ0v) is 9.68. The van der Waals surface area contributed by atoms with E-state index in [1.165, 1.54) is 7.11 Å². The molecule has 0 aromatic carbocycles. The van der Waals surface area contributed by atoms with Gasteiger partial charge in [0.05, 0.1) is 26.1 Å². The Morgan fingerprint density at radius 2 is 1.76 bits per heavy atom. The molecule has 0 aliphatic heterocycles. The number of nitrogens with two attached hydrogens (primary N) is 1. The summed E-state index contributed by atoms with van der Waals surface area (Å²) in [7, 11) is 3.13. The van der Waals surface area contributed by atoms with Crippen LogP contribution < -0.4 is 15.2 Å². The number of aromatic nitrogens is 2. The first-order valence-electron chi connectivity index (χ1n) is 5.03. The molecule has 2 N–H and O–H groups in total. The Balaban J connectivity index is 2.42. The average Bonchev–Trinajstić information content (AvgIpc) is 2.38. The summed E-state index contributed by atoms with van der Waals surface area (Å²) in [5.41, 5.74) is 8.06. The van der Waals surface area contributed by atoms with Crippen LogP contribution in [0.2, 0.25) is 0 Å². The Labute approximate surface area is 99.2 Å². The molecule has 88 valence electrons. The van der Waals surface area contributed by atoms with Crippen LogP contribution in [0.25, 0.3) is 11.1 Å². The van der Waals surface area contributed by atoms with E-state index in [1.54, 1.807) is 31.8 Å². The summed E-state index contributed by atoms with van der Waals surface area (Å²) in [5.74, 6) is 1.11. The first-order chi connectivity index (χ1) is 8.24. The van der Waals surface area contributed by atoms with Gasteiger partial charge in [-0.3, -0.25) is 4.98 Å². The monoisotopic (exact) mass is 231 g/mol. The molecule has 2 aromatic rings. The summed E-state index contributed by atoms with van der Waals surface area (Å²) < 4.78 is 10.1. The van der Waals surface area contributed by atoms with Crippen molar-refractivity contribution in [3.05, 3.63) is 30.7 Å². The van der Waals surface area contributed by atoms with E-state index >= 15 is 0 Å². The third-order valence-electron chi connectivity index (χ3n) is 2.35. The maximum absolute atomic E-state index is 5.80. The Bertz CT molecular complexity index is 529. The van der Waals surface area contributed by atoms with E-state index in [0.717, 1.165) is 11.1 Å². The quantitative estimate of drug-likeness (QED) is 0.871. The Kier molecular flexibility index (Phi) is 3.09. The third kappa shape index (κ3) is 2.28. The number of ether oxygens (including phenoxy) is 2. The van der Waals surface area contributed by atoms with E-state index in [0.29, 0.717) is 17.3 Å². The molecule has 0 spiro atoms. The summed E-state index contributed by atoms with van der Waals surface area (Å²) in [6.45, 7) is 0. The lowest BCUT2D eigenvalue weighted by Gasteiger charge is -2.07. The van der Waals surface area contributed by atoms with E-state index < -0.39 is 0 Å². The fourth-order valence-electron chi connectivity index (χ4n) is 1.49. The van der Waals surface area contributed by atoms with Crippen molar-refractivity contribution in [1.29, 1.82) is 0 Å². The molecule has 0 fully saturated rings. The maximum Gasteiger partial charge on any atom is 0.236 e. The van der Waals surface area contributed by atoms with Crippen molar-refractivity contribution < 1.29 is 9.47 Å². The summed E-state index contributed by atoms with van der Waals surface area (Å²) in [6.07, 6.45) is 5.06. The van der Waals surface area contributed by atoms with Gasteiger partial charge < -0.3 is 15.2 Å². The molecule has 0 aliphatic carbocycles. The van der Waals surface area contributed by atoms with Gasteiger partial charge in [-0.15, -0.1) is 0 Å². The first kappa shape index (κ1) is 11.2. The zero-order chi connectivity index (χ0) is 12.3. The molecule has 2 heterocycles. The molecular formula is C12H13N3O2. The lowest BCUT2D eigenvalue weighted by atomic mass is 10.1. The van der Waals surface area contributed by atoms with Crippen LogP contribution in [0.4, 0.5) is 5.69 Å². The number of pyridine rings is 2. The predicted octanol–water partition coefficient (Wildman–Crippen LogP) is 1.74. The predicted molar refractivity (Wildman–Crippen MR) is 65.0 cm³/mol. The Morgan fingerprint density at radius 1 is 1.00 bits per heavy atom. The molecule has 5 nitrogen and oxygen atoms in total. The molecule has 0 unspecified atom stereocenters. The van der Waals surface area contributed by atoms with Gasteiger partial charge in [0.15, 0.2) is 0 Å². The summed E-state index contributed by atoms with van der Waals surface area (Å²) >= 11 is 0. The fourth-order valence-corrected chi connectivity index (χ4v) is 1.49. The van der Waals surface area contributed by atoms with Crippen molar-refractivity contribution in [1.82, 2.24) is 9.97 Å². The number of hydrogen-bond acceptors (Lipinski definition) is 5. The van der Waals surface area contributed by atoms with Crippen molar-refractivity contribution in [2.45, 2.75) is 0 Å². The van der Waals surface area contributed by atoms with Crippen LogP contribution in [-0.2, 0) is 0 Å². The third-order valence-corrected chi connectivity index (χ3v) is 2.35. The van der Waals surface area contributed by atoms with Gasteiger partial charge in [-0.05, 0) is 12.1 Å². The highest BCUT2D eigenvalue weighted by molar-refractivity contribution is 5.68. The van der Waals surface area contributed by atoms with Gasteiger partial charge in [0.1, 0.15) is 5.75 Å². The molecule has 0 bridgehead atoms. The number of hydrogen-bond donors (Lipinski definition) is 1. The molecular weight excluding hydrogens is 218 g/mol. The van der Waals surface area contributed by atoms with E-state index in [1.807, 2.05) is 6.07 Å². The highest BCUT2D eigenvalue weighted by atomic mass is 16.5. The summed E-state index contributed by atoms with van der Waals surface area (Å²) in [4.78, 5) is 8.19. The number of anilines is 1. The van der Waals surface area contributed by atoms with Crippen molar-refractivity contribution in [3.63, 3.8) is 0 Å².